The Morgan fingerprint density at radius 1 is 1.22 bits per heavy atom. The highest BCUT2D eigenvalue weighted by Gasteiger charge is 2.34. The van der Waals surface area contributed by atoms with Crippen LogP contribution in [0.1, 0.15) is 37.9 Å². The zero-order valence-electron chi connectivity index (χ0n) is 19.6. The fraction of sp³-hybridized carbons (Fsp3) is 0.200. The number of hydrogen-bond acceptors (Lipinski definition) is 9. The molecular weight excluding hydrogens is 486 g/mol. The molecule has 0 saturated heterocycles. The van der Waals surface area contributed by atoms with E-state index in [0.717, 1.165) is 11.3 Å². The zero-order valence-corrected chi connectivity index (χ0v) is 20.4. The van der Waals surface area contributed by atoms with E-state index in [1.807, 2.05) is 0 Å². The molecule has 0 spiro atoms. The van der Waals surface area contributed by atoms with E-state index >= 15 is 0 Å². The molecule has 0 unspecified atom stereocenters. The van der Waals surface area contributed by atoms with E-state index in [1.54, 1.807) is 50.3 Å². The molecule has 1 aliphatic rings. The van der Waals surface area contributed by atoms with Crippen LogP contribution in [0.5, 0.6) is 5.75 Å². The first kappa shape index (κ1) is 24.7. The van der Waals surface area contributed by atoms with Crippen LogP contribution in [0.15, 0.2) is 69.6 Å². The number of nitrogens with zero attached hydrogens (tertiary/aromatic N) is 3. The van der Waals surface area contributed by atoms with Gasteiger partial charge >= 0.3 is 11.9 Å². The Kier molecular flexibility index (Phi) is 6.93. The predicted octanol–water partition coefficient (Wildman–Crippen LogP) is 2.63. The summed E-state index contributed by atoms with van der Waals surface area (Å²) in [6, 6.07) is 11.5. The molecule has 0 saturated carbocycles. The molecule has 0 fully saturated rings. The molecule has 3 aromatic rings. The summed E-state index contributed by atoms with van der Waals surface area (Å²) in [4.78, 5) is 53.3. The Labute approximate surface area is 208 Å². The van der Waals surface area contributed by atoms with Crippen LogP contribution < -0.4 is 19.6 Å². The molecule has 36 heavy (non-hydrogen) atoms. The van der Waals surface area contributed by atoms with Crippen molar-refractivity contribution in [2.24, 2.45) is 4.99 Å². The number of hydrogen-bond donors (Lipinski definition) is 0. The van der Waals surface area contributed by atoms with Crippen molar-refractivity contribution in [1.82, 2.24) is 4.57 Å². The SMILES string of the molecule is CCOC(=O)C1=C(C)N=c2s/c(=C/c3ccc(OC(C)=O)cc3)c(=O)n2[C@@H]1c1cccc([N+](=O)[O-])c1. The second kappa shape index (κ2) is 10.1. The van der Waals surface area contributed by atoms with Gasteiger partial charge in [-0.05, 0) is 43.2 Å². The topological polar surface area (TPSA) is 130 Å². The number of carbonyl (C=O) groups excluding carboxylic acids is 2. The number of rotatable bonds is 6. The highest BCUT2D eigenvalue weighted by Crippen LogP contribution is 2.32. The average Bonchev–Trinajstić information content (AvgIpc) is 3.13. The predicted molar refractivity (Wildman–Crippen MR) is 131 cm³/mol. The first-order valence-electron chi connectivity index (χ1n) is 10.9. The Hall–Kier alpha value is -4.38. The number of ether oxygens (including phenoxy) is 2. The maximum atomic E-state index is 13.6. The number of aromatic nitrogens is 1. The number of fused-ring (bicyclic) bond motifs is 1. The second-order valence-corrected chi connectivity index (χ2v) is 8.83. The summed E-state index contributed by atoms with van der Waals surface area (Å²) in [5, 5.41) is 11.4. The first-order valence-corrected chi connectivity index (χ1v) is 11.7. The molecule has 11 heteroatoms. The minimum Gasteiger partial charge on any atom is -0.463 e. The normalized spacial score (nSPS) is 15.2. The number of nitro benzene ring substituents is 1. The fourth-order valence-electron chi connectivity index (χ4n) is 3.86. The van der Waals surface area contributed by atoms with E-state index in [2.05, 4.69) is 4.99 Å². The number of non-ortho nitro benzene ring substituents is 1. The molecule has 1 aromatic heterocycles. The number of benzene rings is 2. The van der Waals surface area contributed by atoms with Crippen molar-refractivity contribution in [2.75, 3.05) is 6.61 Å². The van der Waals surface area contributed by atoms with E-state index in [0.29, 0.717) is 31.9 Å². The highest BCUT2D eigenvalue weighted by atomic mass is 32.1. The summed E-state index contributed by atoms with van der Waals surface area (Å²) in [6.45, 7) is 4.73. The van der Waals surface area contributed by atoms with Gasteiger partial charge < -0.3 is 9.47 Å². The summed E-state index contributed by atoms with van der Waals surface area (Å²) < 4.78 is 12.0. The number of nitro groups is 1. The minimum absolute atomic E-state index is 0.116. The van der Waals surface area contributed by atoms with Gasteiger partial charge in [0, 0.05) is 19.1 Å². The van der Waals surface area contributed by atoms with Crippen LogP contribution in [0.3, 0.4) is 0 Å². The summed E-state index contributed by atoms with van der Waals surface area (Å²) in [7, 11) is 0. The number of thiazole rings is 1. The van der Waals surface area contributed by atoms with Gasteiger partial charge in [0.05, 0.1) is 33.4 Å². The molecule has 0 aliphatic carbocycles. The lowest BCUT2D eigenvalue weighted by molar-refractivity contribution is -0.384. The summed E-state index contributed by atoms with van der Waals surface area (Å²) in [5.74, 6) is -0.711. The lowest BCUT2D eigenvalue weighted by Crippen LogP contribution is -2.39. The van der Waals surface area contributed by atoms with Gasteiger partial charge in [-0.2, -0.15) is 0 Å². The van der Waals surface area contributed by atoms with Gasteiger partial charge in [-0.1, -0.05) is 35.6 Å². The summed E-state index contributed by atoms with van der Waals surface area (Å²) in [6.07, 6.45) is 1.66. The van der Waals surface area contributed by atoms with Gasteiger partial charge in [-0.25, -0.2) is 9.79 Å². The van der Waals surface area contributed by atoms with E-state index < -0.39 is 28.5 Å². The zero-order chi connectivity index (χ0) is 26.0. The number of esters is 2. The fourth-order valence-corrected chi connectivity index (χ4v) is 4.91. The highest BCUT2D eigenvalue weighted by molar-refractivity contribution is 7.07. The van der Waals surface area contributed by atoms with Gasteiger partial charge in [0.25, 0.3) is 11.2 Å². The Morgan fingerprint density at radius 3 is 2.58 bits per heavy atom. The molecule has 4 rings (SSSR count). The minimum atomic E-state index is -0.950. The van der Waals surface area contributed by atoms with Crippen LogP contribution in [0, 0.1) is 10.1 Å². The molecule has 1 atom stereocenters. The van der Waals surface area contributed by atoms with Crippen molar-refractivity contribution < 1.29 is 24.0 Å². The van der Waals surface area contributed by atoms with Gasteiger partial charge in [0.2, 0.25) is 0 Å². The monoisotopic (exact) mass is 507 g/mol. The lowest BCUT2D eigenvalue weighted by Gasteiger charge is -2.24. The first-order chi connectivity index (χ1) is 17.2. The smallest absolute Gasteiger partial charge is 0.338 e. The molecule has 0 N–H and O–H groups in total. The van der Waals surface area contributed by atoms with E-state index in [4.69, 9.17) is 9.47 Å². The largest absolute Gasteiger partial charge is 0.463 e. The number of allylic oxidation sites excluding steroid dienone is 1. The van der Waals surface area contributed by atoms with Gasteiger partial charge in [0.1, 0.15) is 5.75 Å². The number of carbonyl (C=O) groups is 2. The van der Waals surface area contributed by atoms with E-state index in [9.17, 15) is 24.5 Å². The molecule has 2 heterocycles. The van der Waals surface area contributed by atoms with Crippen LogP contribution in [0.25, 0.3) is 6.08 Å². The third-order valence-electron chi connectivity index (χ3n) is 5.35. The molecular formula is C25H21N3O7S. The quantitative estimate of drug-likeness (QED) is 0.217. The Morgan fingerprint density at radius 2 is 1.94 bits per heavy atom. The van der Waals surface area contributed by atoms with Crippen molar-refractivity contribution in [3.8, 4) is 5.75 Å². The third-order valence-corrected chi connectivity index (χ3v) is 6.34. The van der Waals surface area contributed by atoms with Gasteiger partial charge in [-0.15, -0.1) is 0 Å². The summed E-state index contributed by atoms with van der Waals surface area (Å²) >= 11 is 1.13. The van der Waals surface area contributed by atoms with E-state index in [1.165, 1.54) is 29.7 Å². The maximum Gasteiger partial charge on any atom is 0.338 e. The molecule has 184 valence electrons. The lowest BCUT2D eigenvalue weighted by atomic mass is 9.95. The van der Waals surface area contributed by atoms with Gasteiger partial charge in [0.15, 0.2) is 4.80 Å². The van der Waals surface area contributed by atoms with Crippen LogP contribution in [0.4, 0.5) is 5.69 Å². The standard InChI is InChI=1S/C25H21N3O7S/c1-4-34-24(31)21-14(2)26-25-27(22(21)17-6-5-7-18(13-17)28(32)33)23(30)20(36-25)12-16-8-10-19(11-9-16)35-15(3)29/h5-13,22H,4H2,1-3H3/b20-12+/t22-/m1/s1. The van der Waals surface area contributed by atoms with E-state index in [-0.39, 0.29) is 17.9 Å². The second-order valence-electron chi connectivity index (χ2n) is 7.82. The Bertz CT molecular complexity index is 1580. The van der Waals surface area contributed by atoms with Crippen molar-refractivity contribution in [2.45, 2.75) is 26.8 Å². The van der Waals surface area contributed by atoms with Crippen LogP contribution in [-0.2, 0) is 14.3 Å². The van der Waals surface area contributed by atoms with Crippen LogP contribution in [-0.4, -0.2) is 28.0 Å². The van der Waals surface area contributed by atoms with Crippen LogP contribution >= 0.6 is 11.3 Å². The average molecular weight is 508 g/mol. The maximum absolute atomic E-state index is 13.6. The van der Waals surface area contributed by atoms with Gasteiger partial charge in [-0.3, -0.25) is 24.3 Å². The molecule has 10 nitrogen and oxygen atoms in total. The van der Waals surface area contributed by atoms with Crippen molar-refractivity contribution in [3.63, 3.8) is 0 Å². The van der Waals surface area contributed by atoms with Crippen molar-refractivity contribution in [1.29, 1.82) is 0 Å². The molecule has 0 bridgehead atoms. The molecule has 1 aliphatic heterocycles. The summed E-state index contributed by atoms with van der Waals surface area (Å²) in [5.41, 5.74) is 1.00. The van der Waals surface area contributed by atoms with Crippen molar-refractivity contribution in [3.05, 3.63) is 101 Å². The third kappa shape index (κ3) is 4.86. The molecule has 0 amide bonds. The Balaban J connectivity index is 1.89. The molecule has 0 radical (unpaired) electrons. The van der Waals surface area contributed by atoms with Crippen LogP contribution in [0.2, 0.25) is 0 Å². The molecule has 2 aromatic carbocycles. The van der Waals surface area contributed by atoms with Crippen molar-refractivity contribution >= 4 is 35.0 Å².